The first kappa shape index (κ1) is 14.3. The van der Waals surface area contributed by atoms with Crippen LogP contribution in [0.3, 0.4) is 0 Å². The maximum Gasteiger partial charge on any atom is 0.311 e. The topological polar surface area (TPSA) is 71.3 Å². The molecular formula is C15H22N4O2. The number of nitrogens with one attached hydrogen (secondary N) is 1. The van der Waals surface area contributed by atoms with Crippen molar-refractivity contribution in [1.82, 2.24) is 10.3 Å². The maximum atomic E-state index is 11.4. The number of nitro groups is 1. The molecule has 1 N–H and O–H groups in total. The van der Waals surface area contributed by atoms with Crippen LogP contribution in [-0.4, -0.2) is 35.1 Å². The summed E-state index contributed by atoms with van der Waals surface area (Å²) in [5.74, 6) is 0.550. The van der Waals surface area contributed by atoms with Gasteiger partial charge in [0.2, 0.25) is 5.82 Å². The van der Waals surface area contributed by atoms with Gasteiger partial charge < -0.3 is 10.2 Å². The predicted octanol–water partition coefficient (Wildman–Crippen LogP) is 2.41. The highest BCUT2D eigenvalue weighted by molar-refractivity contribution is 5.60. The zero-order valence-electron chi connectivity index (χ0n) is 12.5. The van der Waals surface area contributed by atoms with Crippen LogP contribution in [0.1, 0.15) is 37.7 Å². The Balaban J connectivity index is 2.02. The molecule has 1 spiro atoms. The summed E-state index contributed by atoms with van der Waals surface area (Å²) < 4.78 is 0. The van der Waals surface area contributed by atoms with Gasteiger partial charge in [-0.15, -0.1) is 0 Å². The van der Waals surface area contributed by atoms with Gasteiger partial charge >= 0.3 is 5.69 Å². The van der Waals surface area contributed by atoms with Gasteiger partial charge in [0.15, 0.2) is 0 Å². The molecule has 6 nitrogen and oxygen atoms in total. The highest BCUT2D eigenvalue weighted by Crippen LogP contribution is 2.40. The minimum atomic E-state index is -0.298. The molecule has 0 aromatic carbocycles. The second kappa shape index (κ2) is 5.60. The number of aromatic nitrogens is 1. The first-order valence-electron chi connectivity index (χ1n) is 7.72. The van der Waals surface area contributed by atoms with Crippen molar-refractivity contribution in [2.45, 2.75) is 44.6 Å². The van der Waals surface area contributed by atoms with Gasteiger partial charge in [-0.25, -0.2) is 4.98 Å². The SMILES string of the molecule is Cc1cnc(N2CCNCC23CCCCC3)c([N+](=O)[O-])c1. The van der Waals surface area contributed by atoms with Crippen LogP contribution in [0.2, 0.25) is 0 Å². The summed E-state index contributed by atoms with van der Waals surface area (Å²) in [4.78, 5) is 17.8. The summed E-state index contributed by atoms with van der Waals surface area (Å²) in [5.41, 5.74) is 0.976. The van der Waals surface area contributed by atoms with Crippen molar-refractivity contribution in [2.75, 3.05) is 24.5 Å². The average molecular weight is 290 g/mol. The van der Waals surface area contributed by atoms with Crippen molar-refractivity contribution in [3.05, 3.63) is 27.9 Å². The number of hydrogen-bond donors (Lipinski definition) is 1. The summed E-state index contributed by atoms with van der Waals surface area (Å²) in [6, 6.07) is 1.64. The van der Waals surface area contributed by atoms with E-state index in [2.05, 4.69) is 15.2 Å². The highest BCUT2D eigenvalue weighted by Gasteiger charge is 2.42. The van der Waals surface area contributed by atoms with Crippen LogP contribution in [0.25, 0.3) is 0 Å². The Labute approximate surface area is 124 Å². The molecule has 2 fully saturated rings. The van der Waals surface area contributed by atoms with Gasteiger partial charge in [0.05, 0.1) is 10.5 Å². The molecule has 1 saturated carbocycles. The summed E-state index contributed by atoms with van der Waals surface area (Å²) in [7, 11) is 0. The van der Waals surface area contributed by atoms with Crippen molar-refractivity contribution >= 4 is 11.5 Å². The molecule has 0 atom stereocenters. The van der Waals surface area contributed by atoms with Crippen LogP contribution in [0, 0.1) is 17.0 Å². The molecule has 21 heavy (non-hydrogen) atoms. The van der Waals surface area contributed by atoms with E-state index in [1.165, 1.54) is 19.3 Å². The quantitative estimate of drug-likeness (QED) is 0.669. The molecule has 1 aromatic rings. The lowest BCUT2D eigenvalue weighted by Crippen LogP contribution is -2.62. The molecule has 0 bridgehead atoms. The minimum absolute atomic E-state index is 0.00349. The lowest BCUT2D eigenvalue weighted by atomic mass is 9.79. The van der Waals surface area contributed by atoms with Gasteiger partial charge in [-0.2, -0.15) is 0 Å². The van der Waals surface area contributed by atoms with E-state index in [-0.39, 0.29) is 16.1 Å². The summed E-state index contributed by atoms with van der Waals surface area (Å²) in [6.07, 6.45) is 7.56. The molecule has 0 radical (unpaired) electrons. The Morgan fingerprint density at radius 3 is 2.86 bits per heavy atom. The van der Waals surface area contributed by atoms with Crippen LogP contribution >= 0.6 is 0 Å². The van der Waals surface area contributed by atoms with E-state index in [4.69, 9.17) is 0 Å². The van der Waals surface area contributed by atoms with Crippen LogP contribution in [0.15, 0.2) is 12.3 Å². The molecule has 1 aliphatic heterocycles. The monoisotopic (exact) mass is 290 g/mol. The largest absolute Gasteiger partial charge is 0.343 e. The molecule has 6 heteroatoms. The van der Waals surface area contributed by atoms with Crippen LogP contribution in [-0.2, 0) is 0 Å². The first-order valence-corrected chi connectivity index (χ1v) is 7.72. The third kappa shape index (κ3) is 2.60. The Bertz CT molecular complexity index is 532. The van der Waals surface area contributed by atoms with Crippen LogP contribution in [0.5, 0.6) is 0 Å². The molecule has 0 amide bonds. The second-order valence-electron chi connectivity index (χ2n) is 6.23. The number of rotatable bonds is 2. The van der Waals surface area contributed by atoms with Gasteiger partial charge in [0.1, 0.15) is 0 Å². The zero-order chi connectivity index (χ0) is 14.9. The van der Waals surface area contributed by atoms with E-state index in [0.29, 0.717) is 5.82 Å². The Morgan fingerprint density at radius 1 is 1.38 bits per heavy atom. The number of piperazine rings is 1. The number of anilines is 1. The molecule has 1 aliphatic carbocycles. The van der Waals surface area contributed by atoms with Crippen molar-refractivity contribution in [3.63, 3.8) is 0 Å². The van der Waals surface area contributed by atoms with E-state index in [0.717, 1.165) is 38.0 Å². The van der Waals surface area contributed by atoms with Gasteiger partial charge in [0, 0.05) is 31.9 Å². The van der Waals surface area contributed by atoms with Gasteiger partial charge in [0.25, 0.3) is 0 Å². The minimum Gasteiger partial charge on any atom is -0.343 e. The van der Waals surface area contributed by atoms with Gasteiger partial charge in [-0.05, 0) is 25.3 Å². The van der Waals surface area contributed by atoms with Crippen molar-refractivity contribution in [1.29, 1.82) is 0 Å². The fourth-order valence-electron chi connectivity index (χ4n) is 3.72. The van der Waals surface area contributed by atoms with E-state index in [1.807, 2.05) is 6.92 Å². The van der Waals surface area contributed by atoms with Gasteiger partial charge in [-0.3, -0.25) is 10.1 Å². The van der Waals surface area contributed by atoms with Crippen molar-refractivity contribution in [3.8, 4) is 0 Å². The lowest BCUT2D eigenvalue weighted by Gasteiger charge is -2.50. The fraction of sp³-hybridized carbons (Fsp3) is 0.667. The summed E-state index contributed by atoms with van der Waals surface area (Å²) in [5, 5.41) is 14.9. The molecule has 3 rings (SSSR count). The standard InChI is InChI=1S/C15H22N4O2/c1-12-9-13(19(20)21)14(17-10-12)18-8-7-16-11-15(18)5-3-2-4-6-15/h9-10,16H,2-8,11H2,1H3. The Morgan fingerprint density at radius 2 is 2.14 bits per heavy atom. The van der Waals surface area contributed by atoms with E-state index in [9.17, 15) is 10.1 Å². The van der Waals surface area contributed by atoms with Crippen molar-refractivity contribution in [2.24, 2.45) is 0 Å². The first-order chi connectivity index (χ1) is 10.1. The molecule has 0 unspecified atom stereocenters. The van der Waals surface area contributed by atoms with E-state index < -0.39 is 0 Å². The molecular weight excluding hydrogens is 268 g/mol. The van der Waals surface area contributed by atoms with Crippen LogP contribution in [0.4, 0.5) is 11.5 Å². The molecule has 114 valence electrons. The number of nitrogens with zero attached hydrogens (tertiary/aromatic N) is 3. The second-order valence-corrected chi connectivity index (χ2v) is 6.23. The predicted molar refractivity (Wildman–Crippen MR) is 81.7 cm³/mol. The Kier molecular flexibility index (Phi) is 3.80. The molecule has 2 aliphatic rings. The number of aryl methyl sites for hydroxylation is 1. The third-order valence-corrected chi connectivity index (χ3v) is 4.76. The number of pyridine rings is 1. The van der Waals surface area contributed by atoms with E-state index >= 15 is 0 Å². The maximum absolute atomic E-state index is 11.4. The lowest BCUT2D eigenvalue weighted by molar-refractivity contribution is -0.384. The highest BCUT2D eigenvalue weighted by atomic mass is 16.6. The zero-order valence-corrected chi connectivity index (χ0v) is 12.5. The molecule has 1 saturated heterocycles. The van der Waals surface area contributed by atoms with Crippen molar-refractivity contribution < 1.29 is 4.92 Å². The Hall–Kier alpha value is -1.69. The molecule has 2 heterocycles. The number of hydrogen-bond acceptors (Lipinski definition) is 5. The van der Waals surface area contributed by atoms with Gasteiger partial charge in [-0.1, -0.05) is 19.3 Å². The normalized spacial score (nSPS) is 21.5. The van der Waals surface area contributed by atoms with Crippen LogP contribution < -0.4 is 10.2 Å². The fourth-order valence-corrected chi connectivity index (χ4v) is 3.72. The smallest absolute Gasteiger partial charge is 0.311 e. The average Bonchev–Trinajstić information content (AvgIpc) is 2.49. The van der Waals surface area contributed by atoms with E-state index in [1.54, 1.807) is 12.3 Å². The molecule has 1 aromatic heterocycles. The summed E-state index contributed by atoms with van der Waals surface area (Å²) in [6.45, 7) is 4.39. The summed E-state index contributed by atoms with van der Waals surface area (Å²) >= 11 is 0. The third-order valence-electron chi connectivity index (χ3n) is 4.76.